The molecule has 0 aliphatic carbocycles. The highest BCUT2D eigenvalue weighted by Crippen LogP contribution is 2.16. The van der Waals surface area contributed by atoms with Crippen LogP contribution >= 0.6 is 15.9 Å². The van der Waals surface area contributed by atoms with Crippen LogP contribution in [0.3, 0.4) is 0 Å². The third-order valence-electron chi connectivity index (χ3n) is 1.67. The molecule has 0 saturated carbocycles. The molecular formula is C9H10BrNO3. The van der Waals surface area contributed by atoms with Gasteiger partial charge in [0.05, 0.1) is 11.6 Å². The molecule has 0 aromatic carbocycles. The van der Waals surface area contributed by atoms with Crippen molar-refractivity contribution >= 4 is 27.6 Å². The number of hydrogen-bond acceptors (Lipinski definition) is 4. The normalized spacial score (nSPS) is 9.86. The number of ketones is 1. The van der Waals surface area contributed by atoms with Gasteiger partial charge >= 0.3 is 0 Å². The van der Waals surface area contributed by atoms with Crippen molar-refractivity contribution < 1.29 is 13.9 Å². The quantitative estimate of drug-likeness (QED) is 0.514. The molecule has 1 aromatic heterocycles. The van der Waals surface area contributed by atoms with Crippen LogP contribution in [-0.4, -0.2) is 18.8 Å². The van der Waals surface area contributed by atoms with Gasteiger partial charge < -0.3 is 9.15 Å². The van der Waals surface area contributed by atoms with Gasteiger partial charge in [-0.05, 0) is 15.9 Å². The number of methoxy groups -OCH3 is 1. The Kier molecular flexibility index (Phi) is 3.88. The zero-order valence-electron chi connectivity index (χ0n) is 7.67. The molecule has 0 spiro atoms. The molecule has 4 nitrogen and oxygen atoms in total. The van der Waals surface area contributed by atoms with Gasteiger partial charge in [0.15, 0.2) is 17.4 Å². The molecule has 0 fully saturated rings. The van der Waals surface area contributed by atoms with E-state index < -0.39 is 0 Å². The second-order valence-electron chi connectivity index (χ2n) is 2.68. The van der Waals surface area contributed by atoms with Crippen molar-refractivity contribution in [2.45, 2.75) is 12.8 Å². The van der Waals surface area contributed by atoms with Crippen LogP contribution in [0.15, 0.2) is 21.2 Å². The molecule has 0 aliphatic heterocycles. The molecule has 0 atom stereocenters. The number of ether oxygens (including phenoxy) is 1. The third kappa shape index (κ3) is 2.99. The summed E-state index contributed by atoms with van der Waals surface area (Å²) in [6.07, 6.45) is 1.98. The Balaban J connectivity index is 2.47. The first-order chi connectivity index (χ1) is 6.63. The molecule has 0 amide bonds. The van der Waals surface area contributed by atoms with Gasteiger partial charge in [-0.1, -0.05) is 0 Å². The summed E-state index contributed by atoms with van der Waals surface area (Å²) in [5.74, 6) is 0.280. The van der Waals surface area contributed by atoms with E-state index in [1.54, 1.807) is 6.07 Å². The molecular weight excluding hydrogens is 250 g/mol. The standard InChI is InChI=1S/C9H10BrNO3/c1-13-9(11)3-2-7(12)8-4-6(10)5-14-8/h4-5,11H,2-3H2,1H3. The topological polar surface area (TPSA) is 63.3 Å². The van der Waals surface area contributed by atoms with E-state index in [1.807, 2.05) is 0 Å². The highest BCUT2D eigenvalue weighted by atomic mass is 79.9. The van der Waals surface area contributed by atoms with Crippen LogP contribution in [0.5, 0.6) is 0 Å². The van der Waals surface area contributed by atoms with Gasteiger partial charge in [0.25, 0.3) is 0 Å². The van der Waals surface area contributed by atoms with Crippen molar-refractivity contribution in [1.29, 1.82) is 5.41 Å². The Bertz CT molecular complexity index is 346. The predicted molar refractivity (Wildman–Crippen MR) is 54.7 cm³/mol. The molecule has 1 N–H and O–H groups in total. The van der Waals surface area contributed by atoms with E-state index >= 15 is 0 Å². The molecule has 0 unspecified atom stereocenters. The van der Waals surface area contributed by atoms with Gasteiger partial charge in [-0.25, -0.2) is 0 Å². The van der Waals surface area contributed by atoms with Gasteiger partial charge in [0.1, 0.15) is 6.26 Å². The average molecular weight is 260 g/mol. The van der Waals surface area contributed by atoms with Gasteiger partial charge in [0.2, 0.25) is 0 Å². The lowest BCUT2D eigenvalue weighted by Gasteiger charge is -1.99. The van der Waals surface area contributed by atoms with Gasteiger partial charge in [-0.15, -0.1) is 0 Å². The molecule has 14 heavy (non-hydrogen) atoms. The Morgan fingerprint density at radius 3 is 2.86 bits per heavy atom. The first-order valence-corrected chi connectivity index (χ1v) is 4.81. The SMILES string of the molecule is COC(=N)CCC(=O)c1cc(Br)co1. The van der Waals surface area contributed by atoms with E-state index in [0.29, 0.717) is 12.2 Å². The summed E-state index contributed by atoms with van der Waals surface area (Å²) in [7, 11) is 1.41. The minimum absolute atomic E-state index is 0.101. The third-order valence-corrected chi connectivity index (χ3v) is 2.08. The van der Waals surface area contributed by atoms with Crippen LogP contribution in [0.2, 0.25) is 0 Å². The first-order valence-electron chi connectivity index (χ1n) is 4.02. The van der Waals surface area contributed by atoms with Crippen molar-refractivity contribution in [2.75, 3.05) is 7.11 Å². The fourth-order valence-electron chi connectivity index (χ4n) is 0.912. The Labute approximate surface area is 89.9 Å². The monoisotopic (exact) mass is 259 g/mol. The molecule has 0 bridgehead atoms. The average Bonchev–Trinajstić information content (AvgIpc) is 2.60. The zero-order valence-corrected chi connectivity index (χ0v) is 9.26. The summed E-state index contributed by atoms with van der Waals surface area (Å²) in [5.41, 5.74) is 0. The lowest BCUT2D eigenvalue weighted by atomic mass is 10.2. The minimum atomic E-state index is -0.127. The van der Waals surface area contributed by atoms with Crippen molar-refractivity contribution in [3.8, 4) is 0 Å². The molecule has 5 heteroatoms. The van der Waals surface area contributed by atoms with Crippen LogP contribution in [0.4, 0.5) is 0 Å². The summed E-state index contributed by atoms with van der Waals surface area (Å²) < 4.78 is 10.4. The van der Waals surface area contributed by atoms with Gasteiger partial charge in [0, 0.05) is 18.9 Å². The number of halogens is 1. The van der Waals surface area contributed by atoms with Gasteiger partial charge in [-0.3, -0.25) is 10.2 Å². The molecule has 1 aromatic rings. The number of Topliss-reactive ketones (excluding diaryl/α,β-unsaturated/α-hetero) is 1. The lowest BCUT2D eigenvalue weighted by molar-refractivity contribution is 0.0956. The molecule has 0 radical (unpaired) electrons. The lowest BCUT2D eigenvalue weighted by Crippen LogP contribution is -2.04. The number of rotatable bonds is 4. The highest BCUT2D eigenvalue weighted by molar-refractivity contribution is 9.10. The molecule has 1 heterocycles. The van der Waals surface area contributed by atoms with Crippen molar-refractivity contribution in [3.05, 3.63) is 22.6 Å². The van der Waals surface area contributed by atoms with Crippen molar-refractivity contribution in [3.63, 3.8) is 0 Å². The van der Waals surface area contributed by atoms with E-state index in [1.165, 1.54) is 13.4 Å². The second-order valence-corrected chi connectivity index (χ2v) is 3.60. The Hall–Kier alpha value is -1.10. The zero-order chi connectivity index (χ0) is 10.6. The van der Waals surface area contributed by atoms with E-state index in [-0.39, 0.29) is 18.1 Å². The smallest absolute Gasteiger partial charge is 0.198 e. The van der Waals surface area contributed by atoms with E-state index in [2.05, 4.69) is 20.7 Å². The van der Waals surface area contributed by atoms with Crippen LogP contribution < -0.4 is 0 Å². The maximum absolute atomic E-state index is 11.4. The fourth-order valence-corrected chi connectivity index (χ4v) is 1.21. The Morgan fingerprint density at radius 2 is 2.36 bits per heavy atom. The number of furan rings is 1. The number of carbonyl (C=O) groups is 1. The maximum atomic E-state index is 11.4. The van der Waals surface area contributed by atoms with E-state index in [4.69, 9.17) is 9.83 Å². The second kappa shape index (κ2) is 4.95. The van der Waals surface area contributed by atoms with Crippen LogP contribution in [-0.2, 0) is 4.74 Å². The number of carbonyl (C=O) groups excluding carboxylic acids is 1. The van der Waals surface area contributed by atoms with E-state index in [9.17, 15) is 4.79 Å². The van der Waals surface area contributed by atoms with Crippen LogP contribution in [0.25, 0.3) is 0 Å². The minimum Gasteiger partial charge on any atom is -0.484 e. The van der Waals surface area contributed by atoms with Crippen LogP contribution in [0, 0.1) is 5.41 Å². The fraction of sp³-hybridized carbons (Fsp3) is 0.333. The summed E-state index contributed by atoms with van der Waals surface area (Å²) in [6, 6.07) is 1.61. The Morgan fingerprint density at radius 1 is 1.64 bits per heavy atom. The molecule has 76 valence electrons. The van der Waals surface area contributed by atoms with E-state index in [0.717, 1.165) is 4.47 Å². The molecule has 0 saturated heterocycles. The van der Waals surface area contributed by atoms with Gasteiger partial charge in [-0.2, -0.15) is 0 Å². The van der Waals surface area contributed by atoms with Crippen LogP contribution in [0.1, 0.15) is 23.4 Å². The number of hydrogen-bond donors (Lipinski definition) is 1. The summed E-state index contributed by atoms with van der Waals surface area (Å²) in [5, 5.41) is 7.18. The van der Waals surface area contributed by atoms with Crippen molar-refractivity contribution in [1.82, 2.24) is 0 Å². The molecule has 1 rings (SSSR count). The largest absolute Gasteiger partial charge is 0.484 e. The molecule has 0 aliphatic rings. The summed E-state index contributed by atoms with van der Waals surface area (Å²) in [6.45, 7) is 0. The maximum Gasteiger partial charge on any atom is 0.198 e. The summed E-state index contributed by atoms with van der Waals surface area (Å²) >= 11 is 3.18. The predicted octanol–water partition coefficient (Wildman–Crippen LogP) is 2.63. The van der Waals surface area contributed by atoms with Crippen molar-refractivity contribution in [2.24, 2.45) is 0 Å². The first kappa shape index (κ1) is 11.0. The summed E-state index contributed by atoms with van der Waals surface area (Å²) in [4.78, 5) is 11.4. The number of nitrogens with one attached hydrogen (secondary N) is 1. The highest BCUT2D eigenvalue weighted by Gasteiger charge is 2.11.